The van der Waals surface area contributed by atoms with E-state index in [0.717, 1.165) is 18.2 Å². The lowest BCUT2D eigenvalue weighted by Gasteiger charge is -2.24. The second kappa shape index (κ2) is 6.66. The summed E-state index contributed by atoms with van der Waals surface area (Å²) in [6.07, 6.45) is -4.85. The van der Waals surface area contributed by atoms with Crippen LogP contribution in [0.2, 0.25) is 0 Å². The second-order valence-electron chi connectivity index (χ2n) is 5.08. The molecular weight excluding hydrogens is 323 g/mol. The molecule has 0 fully saturated rings. The van der Waals surface area contributed by atoms with Crippen molar-refractivity contribution < 1.29 is 31.5 Å². The molecule has 0 radical (unpaired) electrons. The van der Waals surface area contributed by atoms with Crippen molar-refractivity contribution in [3.05, 3.63) is 29.8 Å². The molecule has 0 unspecified atom stereocenters. The average Bonchev–Trinajstić information content (AvgIpc) is 2.36. The predicted molar refractivity (Wildman–Crippen MR) is 72.7 cm³/mol. The van der Waals surface area contributed by atoms with Crippen LogP contribution in [0.25, 0.3) is 0 Å². The fourth-order valence-electron chi connectivity index (χ4n) is 1.87. The summed E-state index contributed by atoms with van der Waals surface area (Å²) in [6, 6.07) is 3.72. The van der Waals surface area contributed by atoms with Crippen LogP contribution in [0, 0.1) is 5.92 Å². The Labute approximate surface area is 126 Å². The number of alkyl halides is 3. The Morgan fingerprint density at radius 2 is 1.82 bits per heavy atom. The van der Waals surface area contributed by atoms with E-state index in [1.165, 1.54) is 0 Å². The Balaban J connectivity index is 3.40. The molecule has 1 rings (SSSR count). The van der Waals surface area contributed by atoms with Crippen LogP contribution in [0.4, 0.5) is 13.2 Å². The summed E-state index contributed by atoms with van der Waals surface area (Å²) in [5, 5.41) is 8.81. The van der Waals surface area contributed by atoms with Crippen molar-refractivity contribution in [1.29, 1.82) is 0 Å². The smallest absolute Gasteiger partial charge is 0.417 e. The minimum Gasteiger partial charge on any atom is -0.480 e. The average molecular weight is 339 g/mol. The Kier molecular flexibility index (Phi) is 5.58. The van der Waals surface area contributed by atoms with Gasteiger partial charge >= 0.3 is 12.1 Å². The highest BCUT2D eigenvalue weighted by molar-refractivity contribution is 7.89. The number of carboxylic acid groups (broad SMARTS) is 1. The molecule has 5 nitrogen and oxygen atoms in total. The maximum atomic E-state index is 13.0. The molecule has 0 aliphatic carbocycles. The number of hydrogen-bond acceptors (Lipinski definition) is 3. The number of hydrogen-bond donors (Lipinski definition) is 1. The maximum Gasteiger partial charge on any atom is 0.417 e. The van der Waals surface area contributed by atoms with Gasteiger partial charge in [-0.1, -0.05) is 26.0 Å². The zero-order valence-corrected chi connectivity index (χ0v) is 12.8. The van der Waals surface area contributed by atoms with E-state index < -0.39 is 39.2 Å². The fourth-order valence-corrected chi connectivity index (χ4v) is 3.64. The van der Waals surface area contributed by atoms with E-state index in [0.29, 0.717) is 10.4 Å². The molecule has 0 aliphatic rings. The van der Waals surface area contributed by atoms with E-state index in [-0.39, 0.29) is 12.5 Å². The van der Waals surface area contributed by atoms with E-state index >= 15 is 0 Å². The Bertz CT molecular complexity index is 641. The van der Waals surface area contributed by atoms with Crippen LogP contribution in [-0.2, 0) is 21.0 Å². The number of sulfonamides is 1. The third-order valence-corrected chi connectivity index (χ3v) is 4.56. The van der Waals surface area contributed by atoms with Gasteiger partial charge in [0.25, 0.3) is 0 Å². The Hall–Kier alpha value is -1.61. The lowest BCUT2D eigenvalue weighted by Crippen LogP contribution is -2.39. The molecule has 0 saturated carbocycles. The standard InChI is InChI=1S/C13H16F3NO4S/c1-9(2)7-17(8-12(18)19)22(20,21)11-6-4-3-5-10(11)13(14,15)16/h3-6,9H,7-8H2,1-2H3,(H,18,19). The molecule has 0 aliphatic heterocycles. The topological polar surface area (TPSA) is 74.7 Å². The minimum atomic E-state index is -4.85. The van der Waals surface area contributed by atoms with Gasteiger partial charge in [-0.2, -0.15) is 17.5 Å². The fraction of sp³-hybridized carbons (Fsp3) is 0.462. The zero-order valence-electron chi connectivity index (χ0n) is 12.0. The molecule has 0 atom stereocenters. The van der Waals surface area contributed by atoms with Gasteiger partial charge in [-0.3, -0.25) is 4.79 Å². The van der Waals surface area contributed by atoms with Gasteiger partial charge in [0, 0.05) is 6.54 Å². The first-order valence-electron chi connectivity index (χ1n) is 6.34. The van der Waals surface area contributed by atoms with Crippen LogP contribution in [0.15, 0.2) is 29.2 Å². The SMILES string of the molecule is CC(C)CN(CC(=O)O)S(=O)(=O)c1ccccc1C(F)(F)F. The molecule has 1 aromatic carbocycles. The summed E-state index contributed by atoms with van der Waals surface area (Å²) in [4.78, 5) is 9.88. The summed E-state index contributed by atoms with van der Waals surface area (Å²) < 4.78 is 64.3. The van der Waals surface area contributed by atoms with E-state index in [1.54, 1.807) is 13.8 Å². The van der Waals surface area contributed by atoms with Crippen molar-refractivity contribution in [2.75, 3.05) is 13.1 Å². The largest absolute Gasteiger partial charge is 0.480 e. The predicted octanol–water partition coefficient (Wildman–Crippen LogP) is 2.44. The van der Waals surface area contributed by atoms with Crippen LogP contribution in [0.5, 0.6) is 0 Å². The number of nitrogens with zero attached hydrogens (tertiary/aromatic N) is 1. The van der Waals surface area contributed by atoms with E-state index in [1.807, 2.05) is 0 Å². The quantitative estimate of drug-likeness (QED) is 0.864. The summed E-state index contributed by atoms with van der Waals surface area (Å²) in [5.74, 6) is -1.68. The molecule has 0 aromatic heterocycles. The molecule has 22 heavy (non-hydrogen) atoms. The third kappa shape index (κ3) is 4.44. The molecule has 0 bridgehead atoms. The van der Waals surface area contributed by atoms with Crippen molar-refractivity contribution in [3.8, 4) is 0 Å². The molecule has 0 amide bonds. The molecule has 1 aromatic rings. The van der Waals surface area contributed by atoms with Gasteiger partial charge in [-0.05, 0) is 18.1 Å². The van der Waals surface area contributed by atoms with Crippen LogP contribution in [-0.4, -0.2) is 36.9 Å². The molecule has 0 heterocycles. The summed E-state index contributed by atoms with van der Waals surface area (Å²) >= 11 is 0. The lowest BCUT2D eigenvalue weighted by molar-refractivity contribution is -0.140. The first kappa shape index (κ1) is 18.4. The van der Waals surface area contributed by atoms with E-state index in [2.05, 4.69) is 0 Å². The highest BCUT2D eigenvalue weighted by atomic mass is 32.2. The molecule has 0 spiro atoms. The number of carbonyl (C=O) groups is 1. The van der Waals surface area contributed by atoms with Crippen LogP contribution < -0.4 is 0 Å². The second-order valence-corrected chi connectivity index (χ2v) is 6.99. The van der Waals surface area contributed by atoms with Gasteiger partial charge in [0.1, 0.15) is 6.54 Å². The van der Waals surface area contributed by atoms with Gasteiger partial charge in [0.15, 0.2) is 0 Å². The Morgan fingerprint density at radius 1 is 1.27 bits per heavy atom. The van der Waals surface area contributed by atoms with Crippen molar-refractivity contribution >= 4 is 16.0 Å². The van der Waals surface area contributed by atoms with Gasteiger partial charge in [-0.15, -0.1) is 0 Å². The number of rotatable bonds is 6. The summed E-state index contributed by atoms with van der Waals surface area (Å²) in [5.41, 5.74) is -1.31. The van der Waals surface area contributed by atoms with Gasteiger partial charge in [-0.25, -0.2) is 8.42 Å². The number of benzene rings is 1. The lowest BCUT2D eigenvalue weighted by atomic mass is 10.2. The minimum absolute atomic E-state index is 0.194. The molecule has 0 saturated heterocycles. The van der Waals surface area contributed by atoms with Crippen molar-refractivity contribution in [2.45, 2.75) is 24.9 Å². The van der Waals surface area contributed by atoms with Crippen LogP contribution in [0.3, 0.4) is 0 Å². The number of aliphatic carboxylic acids is 1. The molecule has 124 valence electrons. The molecule has 9 heteroatoms. The summed E-state index contributed by atoms with van der Waals surface area (Å²) in [7, 11) is -4.57. The van der Waals surface area contributed by atoms with Gasteiger partial charge in [0.05, 0.1) is 10.5 Å². The van der Waals surface area contributed by atoms with Gasteiger partial charge in [0.2, 0.25) is 10.0 Å². The number of halogens is 3. The van der Waals surface area contributed by atoms with Gasteiger partial charge < -0.3 is 5.11 Å². The zero-order chi connectivity index (χ0) is 17.1. The van der Waals surface area contributed by atoms with E-state index in [4.69, 9.17) is 5.11 Å². The van der Waals surface area contributed by atoms with Crippen molar-refractivity contribution in [2.24, 2.45) is 5.92 Å². The maximum absolute atomic E-state index is 13.0. The first-order chi connectivity index (χ1) is 9.96. The molecule has 1 N–H and O–H groups in total. The Morgan fingerprint density at radius 3 is 2.27 bits per heavy atom. The van der Waals surface area contributed by atoms with Crippen molar-refractivity contribution in [1.82, 2.24) is 4.31 Å². The molecular formula is C13H16F3NO4S. The highest BCUT2D eigenvalue weighted by Crippen LogP contribution is 2.35. The summed E-state index contributed by atoms with van der Waals surface area (Å²) in [6.45, 7) is 2.19. The van der Waals surface area contributed by atoms with Crippen LogP contribution >= 0.6 is 0 Å². The normalized spacial score (nSPS) is 12.9. The van der Waals surface area contributed by atoms with E-state index in [9.17, 15) is 26.4 Å². The monoisotopic (exact) mass is 339 g/mol. The van der Waals surface area contributed by atoms with Crippen molar-refractivity contribution in [3.63, 3.8) is 0 Å². The first-order valence-corrected chi connectivity index (χ1v) is 7.78. The highest BCUT2D eigenvalue weighted by Gasteiger charge is 2.39. The third-order valence-electron chi connectivity index (χ3n) is 2.69. The van der Waals surface area contributed by atoms with Crippen LogP contribution in [0.1, 0.15) is 19.4 Å². The number of carboxylic acids is 1.